The first-order valence-electron chi connectivity index (χ1n) is 5.75. The molecule has 16 heavy (non-hydrogen) atoms. The van der Waals surface area contributed by atoms with Crippen LogP contribution in [0, 0.1) is 0 Å². The van der Waals surface area contributed by atoms with Gasteiger partial charge in [-0.25, -0.2) is 0 Å². The summed E-state index contributed by atoms with van der Waals surface area (Å²) in [6, 6.07) is 14.8. The highest BCUT2D eigenvalue weighted by Crippen LogP contribution is 2.21. The van der Waals surface area contributed by atoms with Gasteiger partial charge < -0.3 is 5.11 Å². The summed E-state index contributed by atoms with van der Waals surface area (Å²) in [6.45, 7) is 3.72. The molecule has 0 aliphatic carbocycles. The third kappa shape index (κ3) is 2.61. The largest absolute Gasteiger partial charge is 0.390 e. The summed E-state index contributed by atoms with van der Waals surface area (Å²) in [6.07, 6.45) is 1.71. The first kappa shape index (κ1) is 11.2. The lowest BCUT2D eigenvalue weighted by atomic mass is 9.95. The van der Waals surface area contributed by atoms with Crippen LogP contribution in [0.2, 0.25) is 0 Å². The Kier molecular flexibility index (Phi) is 2.97. The van der Waals surface area contributed by atoms with E-state index in [1.54, 1.807) is 0 Å². The molecule has 1 heteroatoms. The van der Waals surface area contributed by atoms with Gasteiger partial charge in [0.05, 0.1) is 5.60 Å². The van der Waals surface area contributed by atoms with E-state index in [9.17, 15) is 5.11 Å². The predicted octanol–water partition coefficient (Wildman–Crippen LogP) is 3.54. The van der Waals surface area contributed by atoms with Crippen molar-refractivity contribution in [1.29, 1.82) is 0 Å². The van der Waals surface area contributed by atoms with Crippen LogP contribution in [0.5, 0.6) is 0 Å². The molecular weight excluding hydrogens is 196 g/mol. The zero-order valence-corrected chi connectivity index (χ0v) is 9.90. The molecule has 2 rings (SSSR count). The molecule has 0 radical (unpaired) electrons. The minimum Gasteiger partial charge on any atom is -0.390 e. The second kappa shape index (κ2) is 4.26. The molecule has 0 atom stereocenters. The van der Waals surface area contributed by atoms with Crippen LogP contribution in [0.15, 0.2) is 42.5 Å². The molecule has 0 aliphatic heterocycles. The summed E-state index contributed by atoms with van der Waals surface area (Å²) < 4.78 is 0. The predicted molar refractivity (Wildman–Crippen MR) is 68.6 cm³/mol. The van der Waals surface area contributed by atoms with Crippen LogP contribution in [-0.4, -0.2) is 10.7 Å². The van der Waals surface area contributed by atoms with Crippen LogP contribution >= 0.6 is 0 Å². The van der Waals surface area contributed by atoms with Crippen molar-refractivity contribution in [1.82, 2.24) is 0 Å². The maximum absolute atomic E-state index is 9.75. The smallest absolute Gasteiger partial charge is 0.0594 e. The second-order valence-corrected chi connectivity index (χ2v) is 4.95. The van der Waals surface area contributed by atoms with Gasteiger partial charge in [0.15, 0.2) is 0 Å². The number of rotatable bonds is 3. The number of hydrogen-bond donors (Lipinski definition) is 1. The van der Waals surface area contributed by atoms with E-state index in [2.05, 4.69) is 42.5 Å². The molecule has 2 aromatic carbocycles. The molecule has 0 saturated carbocycles. The molecule has 0 bridgehead atoms. The number of aliphatic hydroxyl groups is 1. The molecule has 0 aliphatic rings. The average molecular weight is 214 g/mol. The molecule has 0 saturated heterocycles. The molecule has 1 N–H and O–H groups in total. The molecule has 1 nitrogen and oxygen atoms in total. The second-order valence-electron chi connectivity index (χ2n) is 4.95. The van der Waals surface area contributed by atoms with Crippen molar-refractivity contribution in [2.24, 2.45) is 0 Å². The minimum absolute atomic E-state index is 0.586. The Labute approximate surface area is 96.7 Å². The van der Waals surface area contributed by atoms with Gasteiger partial charge in [-0.3, -0.25) is 0 Å². The number of hydrogen-bond acceptors (Lipinski definition) is 1. The summed E-state index contributed by atoms with van der Waals surface area (Å²) in [4.78, 5) is 0. The third-order valence-electron chi connectivity index (χ3n) is 2.89. The first-order chi connectivity index (χ1) is 7.56. The van der Waals surface area contributed by atoms with Gasteiger partial charge in [0.1, 0.15) is 0 Å². The Morgan fingerprint density at radius 1 is 1.00 bits per heavy atom. The Bertz CT molecular complexity index is 475. The molecule has 0 amide bonds. The molecule has 0 spiro atoms. The number of aryl methyl sites for hydroxylation is 1. The lowest BCUT2D eigenvalue weighted by molar-refractivity contribution is 0.0715. The lowest BCUT2D eigenvalue weighted by Gasteiger charge is -2.17. The fourth-order valence-corrected chi connectivity index (χ4v) is 1.95. The van der Waals surface area contributed by atoms with Gasteiger partial charge in [-0.15, -0.1) is 0 Å². The summed E-state index contributed by atoms with van der Waals surface area (Å²) in [5.41, 5.74) is 0.733. The van der Waals surface area contributed by atoms with Crippen molar-refractivity contribution in [3.8, 4) is 0 Å². The van der Waals surface area contributed by atoms with Crippen LogP contribution in [0.3, 0.4) is 0 Å². The van der Waals surface area contributed by atoms with Crippen LogP contribution in [0.25, 0.3) is 10.8 Å². The van der Waals surface area contributed by atoms with Crippen LogP contribution in [0.1, 0.15) is 25.8 Å². The van der Waals surface area contributed by atoms with Gasteiger partial charge in [0.2, 0.25) is 0 Å². The fraction of sp³-hybridized carbons (Fsp3) is 0.333. The van der Waals surface area contributed by atoms with E-state index < -0.39 is 5.60 Å². The normalized spacial score (nSPS) is 11.9. The SMILES string of the molecule is CC(C)(O)CCc1cccc2ccccc12. The highest BCUT2D eigenvalue weighted by atomic mass is 16.3. The topological polar surface area (TPSA) is 20.2 Å². The van der Waals surface area contributed by atoms with Crippen molar-refractivity contribution >= 4 is 10.8 Å². The quantitative estimate of drug-likeness (QED) is 0.828. The fourth-order valence-electron chi connectivity index (χ4n) is 1.95. The zero-order chi connectivity index (χ0) is 11.6. The van der Waals surface area contributed by atoms with E-state index in [1.165, 1.54) is 16.3 Å². The Morgan fingerprint density at radius 2 is 1.69 bits per heavy atom. The van der Waals surface area contributed by atoms with E-state index in [0.29, 0.717) is 0 Å². The van der Waals surface area contributed by atoms with Crippen LogP contribution < -0.4 is 0 Å². The Balaban J connectivity index is 2.30. The molecule has 2 aromatic rings. The van der Waals surface area contributed by atoms with Gasteiger partial charge in [-0.2, -0.15) is 0 Å². The monoisotopic (exact) mass is 214 g/mol. The molecule has 0 aromatic heterocycles. The van der Waals surface area contributed by atoms with Crippen molar-refractivity contribution in [2.45, 2.75) is 32.3 Å². The summed E-state index contributed by atoms with van der Waals surface area (Å²) in [5, 5.41) is 12.3. The highest BCUT2D eigenvalue weighted by molar-refractivity contribution is 5.85. The van der Waals surface area contributed by atoms with E-state index in [4.69, 9.17) is 0 Å². The maximum atomic E-state index is 9.75. The lowest BCUT2D eigenvalue weighted by Crippen LogP contribution is -2.19. The standard InChI is InChI=1S/C15H18O/c1-15(2,16)11-10-13-8-5-7-12-6-3-4-9-14(12)13/h3-9,16H,10-11H2,1-2H3. The van der Waals surface area contributed by atoms with E-state index in [1.807, 2.05) is 13.8 Å². The van der Waals surface area contributed by atoms with Crippen molar-refractivity contribution < 1.29 is 5.11 Å². The first-order valence-corrected chi connectivity index (χ1v) is 5.75. The van der Waals surface area contributed by atoms with Crippen LogP contribution in [-0.2, 0) is 6.42 Å². The van der Waals surface area contributed by atoms with Gasteiger partial charge in [0, 0.05) is 0 Å². The Morgan fingerprint density at radius 3 is 2.44 bits per heavy atom. The van der Waals surface area contributed by atoms with Crippen molar-refractivity contribution in [2.75, 3.05) is 0 Å². The van der Waals surface area contributed by atoms with Gasteiger partial charge in [0.25, 0.3) is 0 Å². The van der Waals surface area contributed by atoms with Gasteiger partial charge >= 0.3 is 0 Å². The molecule has 0 unspecified atom stereocenters. The Hall–Kier alpha value is -1.34. The third-order valence-corrected chi connectivity index (χ3v) is 2.89. The summed E-state index contributed by atoms with van der Waals surface area (Å²) >= 11 is 0. The zero-order valence-electron chi connectivity index (χ0n) is 9.90. The van der Waals surface area contributed by atoms with E-state index in [0.717, 1.165) is 12.8 Å². The minimum atomic E-state index is -0.586. The van der Waals surface area contributed by atoms with Crippen molar-refractivity contribution in [3.05, 3.63) is 48.0 Å². The van der Waals surface area contributed by atoms with Crippen LogP contribution in [0.4, 0.5) is 0 Å². The molecular formula is C15H18O. The average Bonchev–Trinajstić information content (AvgIpc) is 2.25. The summed E-state index contributed by atoms with van der Waals surface area (Å²) in [7, 11) is 0. The maximum Gasteiger partial charge on any atom is 0.0594 e. The molecule has 0 fully saturated rings. The van der Waals surface area contributed by atoms with Gasteiger partial charge in [-0.1, -0.05) is 42.5 Å². The highest BCUT2D eigenvalue weighted by Gasteiger charge is 2.12. The summed E-state index contributed by atoms with van der Waals surface area (Å²) in [5.74, 6) is 0. The van der Waals surface area contributed by atoms with Crippen molar-refractivity contribution in [3.63, 3.8) is 0 Å². The molecule has 0 heterocycles. The number of fused-ring (bicyclic) bond motifs is 1. The number of benzene rings is 2. The van der Waals surface area contributed by atoms with E-state index in [-0.39, 0.29) is 0 Å². The van der Waals surface area contributed by atoms with E-state index >= 15 is 0 Å². The van der Waals surface area contributed by atoms with Gasteiger partial charge in [-0.05, 0) is 43.0 Å². The molecule has 84 valence electrons.